The molecule has 0 amide bonds. The largest absolute Gasteiger partial charge is 0.481 e. The predicted molar refractivity (Wildman–Crippen MR) is 115 cm³/mol. The first-order valence-electron chi connectivity index (χ1n) is 9.96. The number of thiophene rings is 1. The minimum absolute atomic E-state index is 0.537. The first-order valence-corrected chi connectivity index (χ1v) is 10.8. The Labute approximate surface area is 169 Å². The number of carbonyl (C=O) groups is 1. The highest BCUT2D eigenvalue weighted by Crippen LogP contribution is 2.44. The number of hydrogen-bond acceptors (Lipinski definition) is 4. The fourth-order valence-electron chi connectivity index (χ4n) is 4.29. The summed E-state index contributed by atoms with van der Waals surface area (Å²) in [6.07, 6.45) is 2.45. The van der Waals surface area contributed by atoms with Gasteiger partial charge in [0.25, 0.3) is 0 Å². The zero-order chi connectivity index (χ0) is 19.8. The second-order valence-corrected chi connectivity index (χ2v) is 8.73. The average Bonchev–Trinajstić information content (AvgIpc) is 3.04. The van der Waals surface area contributed by atoms with Crippen LogP contribution in [-0.2, 0) is 17.8 Å². The molecular weight excluding hydrogens is 368 g/mol. The molecule has 3 heterocycles. The first-order chi connectivity index (χ1) is 13.5. The van der Waals surface area contributed by atoms with Crippen molar-refractivity contribution in [2.75, 3.05) is 6.54 Å². The quantitative estimate of drug-likeness (QED) is 0.625. The lowest BCUT2D eigenvalue weighted by Gasteiger charge is -2.21. The summed E-state index contributed by atoms with van der Waals surface area (Å²) >= 11 is 1.77. The van der Waals surface area contributed by atoms with Crippen LogP contribution in [0.5, 0.6) is 0 Å². The van der Waals surface area contributed by atoms with Gasteiger partial charge in [0.1, 0.15) is 4.83 Å². The van der Waals surface area contributed by atoms with E-state index in [1.54, 1.807) is 11.3 Å². The molecule has 0 bridgehead atoms. The third-order valence-electron chi connectivity index (χ3n) is 5.65. The third-order valence-corrected chi connectivity index (χ3v) is 6.83. The van der Waals surface area contributed by atoms with Crippen molar-refractivity contribution in [2.45, 2.75) is 52.5 Å². The number of fused-ring (bicyclic) bond motifs is 3. The molecule has 0 fully saturated rings. The van der Waals surface area contributed by atoms with E-state index >= 15 is 0 Å². The van der Waals surface area contributed by atoms with E-state index in [1.807, 2.05) is 13.8 Å². The van der Waals surface area contributed by atoms with Crippen LogP contribution < -0.4 is 5.32 Å². The smallest absolute Gasteiger partial charge is 0.311 e. The standard InChI is InChI=1S/C23H26N2O2S/c1-4-5-16(23(26)27)19-14(3)25-22-21(17-12-24-11-10-18(17)28-22)20(19)15-8-6-13(2)7-9-15/h6-9,16,24H,4-5,10-12H2,1-3H3,(H,26,27). The average molecular weight is 395 g/mol. The van der Waals surface area contributed by atoms with Gasteiger partial charge in [-0.3, -0.25) is 4.79 Å². The van der Waals surface area contributed by atoms with E-state index in [0.717, 1.165) is 58.5 Å². The molecule has 0 radical (unpaired) electrons. The number of nitrogens with zero attached hydrogens (tertiary/aromatic N) is 1. The Balaban J connectivity index is 2.09. The molecule has 146 valence electrons. The SMILES string of the molecule is CCCC(C(=O)O)c1c(C)nc2sc3c(c2c1-c1ccc(C)cc1)CNCC3. The summed E-state index contributed by atoms with van der Waals surface area (Å²) in [5, 5.41) is 14.7. The Morgan fingerprint density at radius 2 is 2.04 bits per heavy atom. The monoisotopic (exact) mass is 394 g/mol. The zero-order valence-electron chi connectivity index (χ0n) is 16.6. The van der Waals surface area contributed by atoms with Crippen LogP contribution in [0.4, 0.5) is 0 Å². The maximum atomic E-state index is 12.2. The molecule has 2 aromatic heterocycles. The second kappa shape index (κ2) is 7.64. The van der Waals surface area contributed by atoms with Gasteiger partial charge in [-0.2, -0.15) is 0 Å². The first kappa shape index (κ1) is 19.1. The fourth-order valence-corrected chi connectivity index (χ4v) is 5.54. The number of carboxylic acids is 1. The van der Waals surface area contributed by atoms with E-state index in [-0.39, 0.29) is 0 Å². The molecule has 0 aliphatic carbocycles. The van der Waals surface area contributed by atoms with Gasteiger partial charge in [0, 0.05) is 29.0 Å². The number of aryl methyl sites for hydroxylation is 2. The van der Waals surface area contributed by atoms with Gasteiger partial charge in [-0.1, -0.05) is 43.2 Å². The highest BCUT2D eigenvalue weighted by Gasteiger charge is 2.29. The Morgan fingerprint density at radius 1 is 1.29 bits per heavy atom. The van der Waals surface area contributed by atoms with Gasteiger partial charge >= 0.3 is 5.97 Å². The summed E-state index contributed by atoms with van der Waals surface area (Å²) in [7, 11) is 0. The molecular formula is C23H26N2O2S. The number of benzene rings is 1. The minimum atomic E-state index is -0.762. The molecule has 2 N–H and O–H groups in total. The van der Waals surface area contributed by atoms with Gasteiger partial charge in [-0.15, -0.1) is 11.3 Å². The zero-order valence-corrected chi connectivity index (χ0v) is 17.4. The second-order valence-electron chi connectivity index (χ2n) is 7.64. The lowest BCUT2D eigenvalue weighted by molar-refractivity contribution is -0.139. The van der Waals surface area contributed by atoms with Crippen LogP contribution in [0.2, 0.25) is 0 Å². The summed E-state index contributed by atoms with van der Waals surface area (Å²) in [6, 6.07) is 8.46. The predicted octanol–water partition coefficient (Wildman–Crippen LogP) is 5.19. The molecule has 5 heteroatoms. The summed E-state index contributed by atoms with van der Waals surface area (Å²) in [6.45, 7) is 7.89. The lowest BCUT2D eigenvalue weighted by atomic mass is 9.84. The van der Waals surface area contributed by atoms with E-state index in [2.05, 4.69) is 36.5 Å². The molecule has 1 atom stereocenters. The summed E-state index contributed by atoms with van der Waals surface area (Å²) in [5.74, 6) is -1.30. The van der Waals surface area contributed by atoms with Crippen molar-refractivity contribution in [3.63, 3.8) is 0 Å². The number of carboxylic acid groups (broad SMARTS) is 1. The van der Waals surface area contributed by atoms with Crippen LogP contribution in [0, 0.1) is 13.8 Å². The van der Waals surface area contributed by atoms with Gasteiger partial charge in [0.05, 0.1) is 5.92 Å². The van der Waals surface area contributed by atoms with Gasteiger partial charge < -0.3 is 10.4 Å². The number of nitrogens with one attached hydrogen (secondary N) is 1. The Kier molecular flexibility index (Phi) is 5.21. The topological polar surface area (TPSA) is 62.2 Å². The van der Waals surface area contributed by atoms with Gasteiger partial charge in [-0.05, 0) is 48.9 Å². The van der Waals surface area contributed by atoms with E-state index < -0.39 is 11.9 Å². The highest BCUT2D eigenvalue weighted by molar-refractivity contribution is 7.19. The van der Waals surface area contributed by atoms with Gasteiger partial charge in [0.2, 0.25) is 0 Å². The number of aliphatic carboxylic acids is 1. The molecule has 4 rings (SSSR count). The lowest BCUT2D eigenvalue weighted by Crippen LogP contribution is -2.22. The van der Waals surface area contributed by atoms with Crippen LogP contribution in [0.1, 0.15) is 52.9 Å². The van der Waals surface area contributed by atoms with Gasteiger partial charge in [0.15, 0.2) is 0 Å². The van der Waals surface area contributed by atoms with E-state index in [1.165, 1.54) is 16.0 Å². The molecule has 0 saturated heterocycles. The molecule has 1 aromatic carbocycles. The Hall–Kier alpha value is -2.24. The van der Waals surface area contributed by atoms with Crippen molar-refractivity contribution >= 4 is 27.5 Å². The molecule has 1 aliphatic heterocycles. The van der Waals surface area contributed by atoms with Crippen molar-refractivity contribution < 1.29 is 9.90 Å². The Bertz CT molecular complexity index is 1040. The minimum Gasteiger partial charge on any atom is -0.481 e. The van der Waals surface area contributed by atoms with E-state index in [9.17, 15) is 9.90 Å². The summed E-state index contributed by atoms with van der Waals surface area (Å²) in [5.41, 5.74) is 6.39. The van der Waals surface area contributed by atoms with Crippen molar-refractivity contribution in [1.29, 1.82) is 0 Å². The number of rotatable bonds is 5. The van der Waals surface area contributed by atoms with Crippen molar-refractivity contribution in [3.05, 3.63) is 51.5 Å². The van der Waals surface area contributed by atoms with Crippen LogP contribution >= 0.6 is 11.3 Å². The Morgan fingerprint density at radius 3 is 2.71 bits per heavy atom. The summed E-state index contributed by atoms with van der Waals surface area (Å²) in [4.78, 5) is 19.5. The maximum absolute atomic E-state index is 12.2. The van der Waals surface area contributed by atoms with Crippen molar-refractivity contribution in [1.82, 2.24) is 10.3 Å². The number of pyridine rings is 1. The van der Waals surface area contributed by atoms with Crippen LogP contribution in [0.25, 0.3) is 21.3 Å². The normalized spacial score (nSPS) is 14.8. The van der Waals surface area contributed by atoms with Crippen molar-refractivity contribution in [2.24, 2.45) is 0 Å². The van der Waals surface area contributed by atoms with Crippen LogP contribution in [0.3, 0.4) is 0 Å². The third kappa shape index (κ3) is 3.23. The van der Waals surface area contributed by atoms with Gasteiger partial charge in [-0.25, -0.2) is 4.98 Å². The number of aromatic nitrogens is 1. The molecule has 4 nitrogen and oxygen atoms in total. The van der Waals surface area contributed by atoms with Crippen molar-refractivity contribution in [3.8, 4) is 11.1 Å². The molecule has 0 saturated carbocycles. The summed E-state index contributed by atoms with van der Waals surface area (Å²) < 4.78 is 0. The molecule has 28 heavy (non-hydrogen) atoms. The van der Waals surface area contributed by atoms with E-state index in [4.69, 9.17) is 4.98 Å². The molecule has 3 aromatic rings. The molecule has 0 spiro atoms. The highest BCUT2D eigenvalue weighted by atomic mass is 32.1. The number of hydrogen-bond donors (Lipinski definition) is 2. The van der Waals surface area contributed by atoms with Crippen LogP contribution in [0.15, 0.2) is 24.3 Å². The molecule has 1 unspecified atom stereocenters. The maximum Gasteiger partial charge on any atom is 0.311 e. The molecule has 1 aliphatic rings. The van der Waals surface area contributed by atoms with E-state index in [0.29, 0.717) is 6.42 Å². The van der Waals surface area contributed by atoms with Crippen LogP contribution in [-0.4, -0.2) is 22.6 Å². The fraction of sp³-hybridized carbons (Fsp3) is 0.391.